The smallest absolute Gasteiger partial charge is 0.319 e. The molecule has 0 saturated carbocycles. The number of carbonyl (C=O) groups excluding carboxylic acids is 1. The summed E-state index contributed by atoms with van der Waals surface area (Å²) in [6.07, 6.45) is 1.78. The predicted octanol–water partition coefficient (Wildman–Crippen LogP) is 3.11. The standard InChI is InChI=1S/C20H23BrN6O3S/c1-14-12-15(4-6-17(14)21)23-20(28)22-8-11-27-19-7-5-16(13-18(19)24-25-27)31(29,30)26-9-2-3-10-26/h4-7,12-13H,2-3,8-11H2,1H3,(H2,22,23,28). The molecule has 0 radical (unpaired) electrons. The van der Waals surface area contributed by atoms with E-state index in [4.69, 9.17) is 0 Å². The van der Waals surface area contributed by atoms with Gasteiger partial charge in [0.2, 0.25) is 10.0 Å². The van der Waals surface area contributed by atoms with Crippen molar-refractivity contribution in [2.45, 2.75) is 31.2 Å². The highest BCUT2D eigenvalue weighted by Gasteiger charge is 2.27. The minimum atomic E-state index is -3.50. The summed E-state index contributed by atoms with van der Waals surface area (Å²) in [5, 5.41) is 13.8. The molecule has 0 atom stereocenters. The van der Waals surface area contributed by atoms with Gasteiger partial charge in [-0.05, 0) is 61.7 Å². The van der Waals surface area contributed by atoms with E-state index in [9.17, 15) is 13.2 Å². The SMILES string of the molecule is Cc1cc(NC(=O)NCCn2nnc3cc(S(=O)(=O)N4CCCC4)ccc32)ccc1Br. The Kier molecular flexibility index (Phi) is 6.26. The van der Waals surface area contributed by atoms with E-state index >= 15 is 0 Å². The number of hydrogen-bond acceptors (Lipinski definition) is 5. The van der Waals surface area contributed by atoms with Crippen LogP contribution in [-0.2, 0) is 16.6 Å². The number of amides is 2. The number of urea groups is 1. The first-order valence-electron chi connectivity index (χ1n) is 9.99. The van der Waals surface area contributed by atoms with Crippen LogP contribution in [0.4, 0.5) is 10.5 Å². The molecule has 1 aliphatic rings. The Hall–Kier alpha value is -2.50. The van der Waals surface area contributed by atoms with Crippen molar-refractivity contribution in [1.82, 2.24) is 24.6 Å². The average Bonchev–Trinajstić information content (AvgIpc) is 3.41. The lowest BCUT2D eigenvalue weighted by molar-refractivity contribution is 0.251. The highest BCUT2D eigenvalue weighted by Crippen LogP contribution is 2.23. The molecule has 0 spiro atoms. The largest absolute Gasteiger partial charge is 0.336 e. The molecule has 4 rings (SSSR count). The fraction of sp³-hybridized carbons (Fsp3) is 0.350. The van der Waals surface area contributed by atoms with Gasteiger partial charge in [0.15, 0.2) is 0 Å². The van der Waals surface area contributed by atoms with E-state index in [0.29, 0.717) is 42.9 Å². The molecule has 9 nitrogen and oxygen atoms in total. The van der Waals surface area contributed by atoms with Gasteiger partial charge in [-0.25, -0.2) is 17.9 Å². The lowest BCUT2D eigenvalue weighted by Crippen LogP contribution is -2.31. The van der Waals surface area contributed by atoms with Gasteiger partial charge in [-0.15, -0.1) is 5.10 Å². The van der Waals surface area contributed by atoms with Crippen molar-refractivity contribution >= 4 is 48.7 Å². The number of rotatable bonds is 6. The number of sulfonamides is 1. The van der Waals surface area contributed by atoms with Crippen LogP contribution in [0.25, 0.3) is 11.0 Å². The number of fused-ring (bicyclic) bond motifs is 1. The van der Waals surface area contributed by atoms with E-state index in [-0.39, 0.29) is 10.9 Å². The van der Waals surface area contributed by atoms with Crippen molar-refractivity contribution in [3.8, 4) is 0 Å². The Bertz CT molecular complexity index is 1220. The molecule has 1 aromatic heterocycles. The normalized spacial score (nSPS) is 14.8. The maximum atomic E-state index is 12.7. The second-order valence-electron chi connectivity index (χ2n) is 7.42. The highest BCUT2D eigenvalue weighted by molar-refractivity contribution is 9.10. The van der Waals surface area contributed by atoms with Gasteiger partial charge in [-0.2, -0.15) is 4.31 Å². The lowest BCUT2D eigenvalue weighted by atomic mass is 10.2. The van der Waals surface area contributed by atoms with Crippen LogP contribution in [0.2, 0.25) is 0 Å². The number of nitrogens with zero attached hydrogens (tertiary/aromatic N) is 4. The average molecular weight is 507 g/mol. The summed E-state index contributed by atoms with van der Waals surface area (Å²) in [4.78, 5) is 12.4. The van der Waals surface area contributed by atoms with Gasteiger partial charge in [0.25, 0.3) is 0 Å². The Balaban J connectivity index is 1.38. The number of nitrogens with one attached hydrogen (secondary N) is 2. The molecular formula is C20H23BrN6O3S. The number of benzene rings is 2. The minimum absolute atomic E-state index is 0.233. The molecule has 1 fully saturated rings. The molecule has 2 aromatic carbocycles. The molecule has 31 heavy (non-hydrogen) atoms. The Morgan fingerprint density at radius 1 is 1.16 bits per heavy atom. The van der Waals surface area contributed by atoms with E-state index in [2.05, 4.69) is 36.9 Å². The van der Waals surface area contributed by atoms with Crippen LogP contribution in [0.1, 0.15) is 18.4 Å². The minimum Gasteiger partial charge on any atom is -0.336 e. The quantitative estimate of drug-likeness (QED) is 0.533. The molecule has 3 aromatic rings. The van der Waals surface area contributed by atoms with E-state index in [0.717, 1.165) is 22.9 Å². The summed E-state index contributed by atoms with van der Waals surface area (Å²) in [7, 11) is -3.50. The third-order valence-electron chi connectivity index (χ3n) is 5.21. The number of carbonyl (C=O) groups is 1. The molecule has 0 aliphatic carbocycles. The molecule has 0 bridgehead atoms. The van der Waals surface area contributed by atoms with Crippen molar-refractivity contribution in [3.05, 3.63) is 46.4 Å². The van der Waals surface area contributed by atoms with Crippen LogP contribution in [-0.4, -0.2) is 53.4 Å². The zero-order chi connectivity index (χ0) is 22.0. The van der Waals surface area contributed by atoms with Crippen molar-refractivity contribution < 1.29 is 13.2 Å². The molecule has 2 N–H and O–H groups in total. The lowest BCUT2D eigenvalue weighted by Gasteiger charge is -2.15. The number of hydrogen-bond donors (Lipinski definition) is 2. The molecule has 0 unspecified atom stereocenters. The van der Waals surface area contributed by atoms with Crippen LogP contribution in [0.15, 0.2) is 45.8 Å². The number of anilines is 1. The first-order chi connectivity index (χ1) is 14.8. The van der Waals surface area contributed by atoms with E-state index in [1.165, 1.54) is 4.31 Å². The first kappa shape index (κ1) is 21.7. The molecular weight excluding hydrogens is 484 g/mol. The maximum Gasteiger partial charge on any atom is 0.319 e. The van der Waals surface area contributed by atoms with Crippen molar-refractivity contribution in [2.24, 2.45) is 0 Å². The third kappa shape index (κ3) is 4.73. The van der Waals surface area contributed by atoms with E-state index < -0.39 is 10.0 Å². The summed E-state index contributed by atoms with van der Waals surface area (Å²) >= 11 is 3.43. The van der Waals surface area contributed by atoms with Gasteiger partial charge in [0.1, 0.15) is 5.52 Å². The monoisotopic (exact) mass is 506 g/mol. The van der Waals surface area contributed by atoms with Crippen LogP contribution >= 0.6 is 15.9 Å². The van der Waals surface area contributed by atoms with Gasteiger partial charge >= 0.3 is 6.03 Å². The van der Waals surface area contributed by atoms with Crippen LogP contribution in [0.5, 0.6) is 0 Å². The molecule has 1 saturated heterocycles. The number of aryl methyl sites for hydroxylation is 1. The molecule has 2 heterocycles. The van der Waals surface area contributed by atoms with Crippen LogP contribution in [0.3, 0.4) is 0 Å². The number of halogens is 1. The van der Waals surface area contributed by atoms with Crippen molar-refractivity contribution in [2.75, 3.05) is 25.0 Å². The highest BCUT2D eigenvalue weighted by atomic mass is 79.9. The second-order valence-corrected chi connectivity index (χ2v) is 10.2. The third-order valence-corrected chi connectivity index (χ3v) is 8.00. The number of aromatic nitrogens is 3. The van der Waals surface area contributed by atoms with Crippen molar-refractivity contribution in [1.29, 1.82) is 0 Å². The molecule has 2 amide bonds. The van der Waals surface area contributed by atoms with Gasteiger partial charge < -0.3 is 10.6 Å². The summed E-state index contributed by atoms with van der Waals surface area (Å²) in [5.74, 6) is 0. The topological polar surface area (TPSA) is 109 Å². The zero-order valence-corrected chi connectivity index (χ0v) is 19.4. The Labute approximate surface area is 189 Å². The zero-order valence-electron chi connectivity index (χ0n) is 17.0. The van der Waals surface area contributed by atoms with Crippen molar-refractivity contribution in [3.63, 3.8) is 0 Å². The second kappa shape index (κ2) is 8.93. The molecule has 1 aliphatic heterocycles. The maximum absolute atomic E-state index is 12.7. The van der Waals surface area contributed by atoms with Gasteiger partial charge in [0, 0.05) is 29.8 Å². The predicted molar refractivity (Wildman–Crippen MR) is 121 cm³/mol. The van der Waals surface area contributed by atoms with E-state index in [1.54, 1.807) is 22.9 Å². The van der Waals surface area contributed by atoms with Gasteiger partial charge in [-0.1, -0.05) is 21.1 Å². The van der Waals surface area contributed by atoms with Crippen LogP contribution < -0.4 is 10.6 Å². The first-order valence-corrected chi connectivity index (χ1v) is 12.2. The fourth-order valence-electron chi connectivity index (χ4n) is 3.53. The van der Waals surface area contributed by atoms with E-state index in [1.807, 2.05) is 25.1 Å². The van der Waals surface area contributed by atoms with Crippen LogP contribution in [0, 0.1) is 6.92 Å². The summed E-state index contributed by atoms with van der Waals surface area (Å²) in [6, 6.07) is 10.1. The summed E-state index contributed by atoms with van der Waals surface area (Å²) in [5.41, 5.74) is 2.95. The summed E-state index contributed by atoms with van der Waals surface area (Å²) in [6.45, 7) is 3.81. The molecule has 164 valence electrons. The fourth-order valence-corrected chi connectivity index (χ4v) is 5.31. The Morgan fingerprint density at radius 3 is 2.68 bits per heavy atom. The van der Waals surface area contributed by atoms with Gasteiger partial charge in [0.05, 0.1) is 17.0 Å². The Morgan fingerprint density at radius 2 is 1.94 bits per heavy atom. The van der Waals surface area contributed by atoms with Gasteiger partial charge in [-0.3, -0.25) is 0 Å². The molecule has 11 heteroatoms. The summed E-state index contributed by atoms with van der Waals surface area (Å²) < 4.78 is 29.6.